The quantitative estimate of drug-likeness (QED) is 0.820. The van der Waals surface area contributed by atoms with Gasteiger partial charge in [0, 0.05) is 42.8 Å². The van der Waals surface area contributed by atoms with Gasteiger partial charge in [0.1, 0.15) is 6.10 Å². The number of halogens is 2. The lowest BCUT2D eigenvalue weighted by atomic mass is 10.1. The van der Waals surface area contributed by atoms with Crippen molar-refractivity contribution in [2.45, 2.75) is 25.4 Å². The third kappa shape index (κ3) is 3.85. The first-order valence-electron chi connectivity index (χ1n) is 8.17. The highest BCUT2D eigenvalue weighted by atomic mass is 35.5. The molecular formula is C17H20Cl2N2O3. The predicted octanol–water partition coefficient (Wildman–Crippen LogP) is 2.39. The number of benzene rings is 1. The fourth-order valence-electron chi connectivity index (χ4n) is 3.12. The Labute approximate surface area is 151 Å². The average Bonchev–Trinajstić information content (AvgIpc) is 3.12. The van der Waals surface area contributed by atoms with Gasteiger partial charge in [-0.1, -0.05) is 29.3 Å². The summed E-state index contributed by atoms with van der Waals surface area (Å²) in [5.74, 6) is 0.0305. The number of hydrogen-bond donors (Lipinski definition) is 0. The van der Waals surface area contributed by atoms with E-state index in [9.17, 15) is 9.59 Å². The summed E-state index contributed by atoms with van der Waals surface area (Å²) in [4.78, 5) is 28.4. The Hall–Kier alpha value is -1.30. The molecule has 0 bridgehead atoms. The number of rotatable bonds is 3. The van der Waals surface area contributed by atoms with E-state index in [1.54, 1.807) is 28.0 Å². The molecule has 0 unspecified atom stereocenters. The third-order valence-electron chi connectivity index (χ3n) is 4.54. The Bertz CT molecular complexity index is 604. The lowest BCUT2D eigenvalue weighted by Crippen LogP contribution is -2.53. The first-order valence-corrected chi connectivity index (χ1v) is 8.93. The monoisotopic (exact) mass is 370 g/mol. The van der Waals surface area contributed by atoms with E-state index < -0.39 is 0 Å². The van der Waals surface area contributed by atoms with Crippen LogP contribution in [-0.2, 0) is 20.7 Å². The number of ether oxygens (including phenoxy) is 1. The minimum atomic E-state index is -0.297. The lowest BCUT2D eigenvalue weighted by molar-refractivity contribution is -0.145. The maximum absolute atomic E-state index is 12.5. The number of carbonyl (C=O) groups is 2. The van der Waals surface area contributed by atoms with Gasteiger partial charge in [-0.05, 0) is 30.5 Å². The summed E-state index contributed by atoms with van der Waals surface area (Å²) in [5.41, 5.74) is 0.656. The van der Waals surface area contributed by atoms with E-state index in [-0.39, 0.29) is 24.3 Å². The molecule has 130 valence electrons. The van der Waals surface area contributed by atoms with Crippen molar-refractivity contribution in [2.75, 3.05) is 32.8 Å². The topological polar surface area (TPSA) is 49.9 Å². The Morgan fingerprint density at radius 1 is 1.08 bits per heavy atom. The van der Waals surface area contributed by atoms with Crippen LogP contribution < -0.4 is 0 Å². The summed E-state index contributed by atoms with van der Waals surface area (Å²) in [6.07, 6.45) is 1.61. The van der Waals surface area contributed by atoms with Crippen molar-refractivity contribution in [1.29, 1.82) is 0 Å². The highest BCUT2D eigenvalue weighted by molar-refractivity contribution is 6.36. The molecule has 1 atom stereocenters. The zero-order valence-corrected chi connectivity index (χ0v) is 14.9. The highest BCUT2D eigenvalue weighted by Gasteiger charge is 2.31. The van der Waals surface area contributed by atoms with E-state index in [1.165, 1.54) is 0 Å². The van der Waals surface area contributed by atoms with Crippen molar-refractivity contribution >= 4 is 35.0 Å². The molecule has 24 heavy (non-hydrogen) atoms. The van der Waals surface area contributed by atoms with Crippen molar-refractivity contribution in [3.63, 3.8) is 0 Å². The van der Waals surface area contributed by atoms with Gasteiger partial charge in [0.2, 0.25) is 5.91 Å². The second-order valence-electron chi connectivity index (χ2n) is 6.08. The summed E-state index contributed by atoms with van der Waals surface area (Å²) in [6.45, 7) is 2.80. The molecule has 1 aromatic rings. The Morgan fingerprint density at radius 3 is 2.29 bits per heavy atom. The highest BCUT2D eigenvalue weighted by Crippen LogP contribution is 2.25. The number of amides is 2. The molecule has 0 saturated carbocycles. The van der Waals surface area contributed by atoms with E-state index in [0.717, 1.165) is 12.8 Å². The van der Waals surface area contributed by atoms with Crippen LogP contribution in [0.5, 0.6) is 0 Å². The third-order valence-corrected chi connectivity index (χ3v) is 5.25. The van der Waals surface area contributed by atoms with Crippen molar-refractivity contribution in [3.05, 3.63) is 33.8 Å². The van der Waals surface area contributed by atoms with Gasteiger partial charge in [0.25, 0.3) is 5.91 Å². The molecule has 0 aromatic heterocycles. The first-order chi connectivity index (χ1) is 11.6. The number of carbonyl (C=O) groups excluding carboxylic acids is 2. The van der Waals surface area contributed by atoms with Crippen molar-refractivity contribution in [1.82, 2.24) is 9.80 Å². The summed E-state index contributed by atoms with van der Waals surface area (Å²) < 4.78 is 5.45. The van der Waals surface area contributed by atoms with Crippen LogP contribution in [0, 0.1) is 0 Å². The Balaban J connectivity index is 1.54. The van der Waals surface area contributed by atoms with Gasteiger partial charge in [0.05, 0.1) is 6.42 Å². The van der Waals surface area contributed by atoms with Crippen LogP contribution in [-0.4, -0.2) is 60.5 Å². The van der Waals surface area contributed by atoms with Crippen molar-refractivity contribution in [3.8, 4) is 0 Å². The normalized spacial score (nSPS) is 21.2. The summed E-state index contributed by atoms with van der Waals surface area (Å²) in [6, 6.07) is 5.22. The Kier molecular flexibility index (Phi) is 5.64. The van der Waals surface area contributed by atoms with E-state index in [1.807, 2.05) is 0 Å². The molecular weight excluding hydrogens is 351 g/mol. The largest absolute Gasteiger partial charge is 0.368 e. The maximum atomic E-state index is 12.5. The second-order valence-corrected chi connectivity index (χ2v) is 6.90. The molecule has 0 aliphatic carbocycles. The molecule has 3 rings (SSSR count). The SMILES string of the molecule is O=C(Cc1c(Cl)cccc1Cl)N1CCN(C(=O)[C@@H]2CCCO2)CC1. The molecule has 0 radical (unpaired) electrons. The molecule has 0 spiro atoms. The maximum Gasteiger partial charge on any atom is 0.251 e. The Morgan fingerprint density at radius 2 is 1.71 bits per heavy atom. The van der Waals surface area contributed by atoms with E-state index >= 15 is 0 Å². The van der Waals surface area contributed by atoms with Gasteiger partial charge >= 0.3 is 0 Å². The van der Waals surface area contributed by atoms with Crippen LogP contribution >= 0.6 is 23.2 Å². The molecule has 2 fully saturated rings. The number of nitrogens with zero attached hydrogens (tertiary/aromatic N) is 2. The molecule has 1 aromatic carbocycles. The van der Waals surface area contributed by atoms with Crippen LogP contribution in [0.2, 0.25) is 10.0 Å². The lowest BCUT2D eigenvalue weighted by Gasteiger charge is -2.35. The summed E-state index contributed by atoms with van der Waals surface area (Å²) >= 11 is 12.3. The van der Waals surface area contributed by atoms with E-state index in [0.29, 0.717) is 48.4 Å². The summed E-state index contributed by atoms with van der Waals surface area (Å²) in [5, 5.41) is 1.01. The zero-order chi connectivity index (χ0) is 17.1. The van der Waals surface area contributed by atoms with Crippen LogP contribution in [0.1, 0.15) is 18.4 Å². The standard InChI is InChI=1S/C17H20Cl2N2O3/c18-13-3-1-4-14(19)12(13)11-16(22)20-6-8-21(9-7-20)17(23)15-5-2-10-24-15/h1,3-4,15H,2,5-11H2/t15-/m0/s1. The molecule has 2 saturated heterocycles. The van der Waals surface area contributed by atoms with Gasteiger partial charge in [-0.25, -0.2) is 0 Å². The predicted molar refractivity (Wildman–Crippen MR) is 92.3 cm³/mol. The van der Waals surface area contributed by atoms with Crippen LogP contribution in [0.3, 0.4) is 0 Å². The van der Waals surface area contributed by atoms with Crippen molar-refractivity contribution < 1.29 is 14.3 Å². The smallest absolute Gasteiger partial charge is 0.251 e. The van der Waals surface area contributed by atoms with E-state index in [4.69, 9.17) is 27.9 Å². The molecule has 2 aliphatic heterocycles. The van der Waals surface area contributed by atoms with Gasteiger partial charge in [0.15, 0.2) is 0 Å². The average molecular weight is 371 g/mol. The van der Waals surface area contributed by atoms with Gasteiger partial charge < -0.3 is 14.5 Å². The fourth-order valence-corrected chi connectivity index (χ4v) is 3.65. The molecule has 2 aliphatic rings. The molecule has 2 amide bonds. The first kappa shape index (κ1) is 17.5. The molecule has 5 nitrogen and oxygen atoms in total. The zero-order valence-electron chi connectivity index (χ0n) is 13.3. The van der Waals surface area contributed by atoms with Crippen LogP contribution in [0.4, 0.5) is 0 Å². The number of piperazine rings is 1. The van der Waals surface area contributed by atoms with Gasteiger partial charge in [-0.15, -0.1) is 0 Å². The second kappa shape index (κ2) is 7.72. The number of hydrogen-bond acceptors (Lipinski definition) is 3. The molecule has 7 heteroatoms. The fraction of sp³-hybridized carbons (Fsp3) is 0.529. The van der Waals surface area contributed by atoms with Crippen LogP contribution in [0.15, 0.2) is 18.2 Å². The molecule has 2 heterocycles. The summed E-state index contributed by atoms with van der Waals surface area (Å²) in [7, 11) is 0. The van der Waals surface area contributed by atoms with Gasteiger partial charge in [-0.3, -0.25) is 9.59 Å². The van der Waals surface area contributed by atoms with Gasteiger partial charge in [-0.2, -0.15) is 0 Å². The van der Waals surface area contributed by atoms with Crippen LogP contribution in [0.25, 0.3) is 0 Å². The molecule has 0 N–H and O–H groups in total. The minimum Gasteiger partial charge on any atom is -0.368 e. The van der Waals surface area contributed by atoms with Crippen molar-refractivity contribution in [2.24, 2.45) is 0 Å². The van der Waals surface area contributed by atoms with E-state index in [2.05, 4.69) is 0 Å². The minimum absolute atomic E-state index is 0.0192.